The molecule has 0 atom stereocenters. The van der Waals surface area contributed by atoms with E-state index in [-0.39, 0.29) is 24.8 Å². The molecule has 5 rings (SSSR count). The Morgan fingerprint density at radius 2 is 1.89 bits per heavy atom. The number of anilines is 2. The third kappa shape index (κ3) is 8.49. The molecule has 2 aromatic heterocycles. The largest absolute Gasteiger partial charge is 0.496 e. The highest BCUT2D eigenvalue weighted by Gasteiger charge is 2.17. The Morgan fingerprint density at radius 1 is 1.04 bits per heavy atom. The van der Waals surface area contributed by atoms with Crippen molar-refractivity contribution in [3.8, 4) is 22.8 Å². The van der Waals surface area contributed by atoms with Gasteiger partial charge in [-0.1, -0.05) is 23.7 Å². The third-order valence-corrected chi connectivity index (χ3v) is 10.5. The molecule has 242 valence electrons. The standard InChI is InChI=1S/C33H34ClFN4O5S2/c1-21(2)46(40,41)13-12-43-11-5-8-32-39-29(19-45-32)25-16-26-28(17-31(25)42-3)36-20-37-33(26)38-24-9-10-30(27(34)15-24)44-18-22-6-4-7-23(35)14-22/h4,6-7,9-10,14-17,19-21H,5,8,11-13,18H2,1-3H3,(H,36,37,38). The Labute approximate surface area is 276 Å². The lowest BCUT2D eigenvalue weighted by Crippen LogP contribution is -2.21. The van der Waals surface area contributed by atoms with Crippen molar-refractivity contribution >= 4 is 55.2 Å². The van der Waals surface area contributed by atoms with Gasteiger partial charge in [-0.15, -0.1) is 11.3 Å². The number of halogens is 2. The number of thiazole rings is 1. The van der Waals surface area contributed by atoms with Crippen LogP contribution in [-0.2, 0) is 27.6 Å². The molecule has 0 amide bonds. The fourth-order valence-electron chi connectivity index (χ4n) is 4.56. The molecule has 0 saturated heterocycles. The normalized spacial score (nSPS) is 11.7. The number of sulfone groups is 1. The monoisotopic (exact) mass is 684 g/mol. The van der Waals surface area contributed by atoms with Crippen LogP contribution in [0, 0.1) is 5.82 Å². The summed E-state index contributed by atoms with van der Waals surface area (Å²) in [6.07, 6.45) is 2.90. The van der Waals surface area contributed by atoms with Crippen molar-refractivity contribution in [1.82, 2.24) is 15.0 Å². The van der Waals surface area contributed by atoms with Crippen LogP contribution in [0.3, 0.4) is 0 Å². The van der Waals surface area contributed by atoms with E-state index in [9.17, 15) is 12.8 Å². The average molecular weight is 685 g/mol. The van der Waals surface area contributed by atoms with Crippen molar-refractivity contribution in [1.29, 1.82) is 0 Å². The number of hydrogen-bond donors (Lipinski definition) is 1. The van der Waals surface area contributed by atoms with Gasteiger partial charge in [0.25, 0.3) is 0 Å². The van der Waals surface area contributed by atoms with Crippen LogP contribution in [0.2, 0.25) is 5.02 Å². The summed E-state index contributed by atoms with van der Waals surface area (Å²) in [6.45, 7) is 4.18. The maximum Gasteiger partial charge on any atom is 0.154 e. The van der Waals surface area contributed by atoms with Gasteiger partial charge < -0.3 is 19.5 Å². The molecule has 13 heteroatoms. The summed E-state index contributed by atoms with van der Waals surface area (Å²) in [5.41, 5.74) is 3.64. The fraction of sp³-hybridized carbons (Fsp3) is 0.303. The van der Waals surface area contributed by atoms with Crippen molar-refractivity contribution in [2.45, 2.75) is 38.5 Å². The topological polar surface area (TPSA) is 113 Å². The summed E-state index contributed by atoms with van der Waals surface area (Å²) >= 11 is 8.07. The molecule has 5 aromatic rings. The Balaban J connectivity index is 1.27. The number of ether oxygens (including phenoxy) is 3. The Bertz CT molecular complexity index is 1920. The number of aromatic nitrogens is 3. The number of fused-ring (bicyclic) bond motifs is 1. The minimum Gasteiger partial charge on any atom is -0.496 e. The molecule has 0 spiro atoms. The van der Waals surface area contributed by atoms with Crippen LogP contribution in [0.4, 0.5) is 15.9 Å². The molecule has 0 aliphatic rings. The molecule has 9 nitrogen and oxygen atoms in total. The minimum absolute atomic E-state index is 0.0269. The molecule has 0 bridgehead atoms. The van der Waals surface area contributed by atoms with Gasteiger partial charge in [0, 0.05) is 41.1 Å². The van der Waals surface area contributed by atoms with Gasteiger partial charge in [-0.05, 0) is 62.2 Å². The molecule has 3 aromatic carbocycles. The van der Waals surface area contributed by atoms with Crippen LogP contribution < -0.4 is 14.8 Å². The van der Waals surface area contributed by atoms with E-state index in [1.54, 1.807) is 56.6 Å². The number of methoxy groups -OCH3 is 1. The number of nitrogens with zero attached hydrogens (tertiary/aromatic N) is 3. The molecule has 1 N–H and O–H groups in total. The van der Waals surface area contributed by atoms with E-state index in [0.29, 0.717) is 52.1 Å². The van der Waals surface area contributed by atoms with Crippen molar-refractivity contribution in [2.75, 3.05) is 31.4 Å². The number of aryl methyl sites for hydroxylation is 1. The Kier molecular flexibility index (Phi) is 11.1. The predicted molar refractivity (Wildman–Crippen MR) is 181 cm³/mol. The van der Waals surface area contributed by atoms with Crippen molar-refractivity contribution in [2.24, 2.45) is 0 Å². The number of rotatable bonds is 15. The molecule has 2 heterocycles. The quantitative estimate of drug-likeness (QED) is 0.111. The van der Waals surface area contributed by atoms with Gasteiger partial charge in [0.05, 0.1) is 46.0 Å². The first-order chi connectivity index (χ1) is 22.1. The highest BCUT2D eigenvalue weighted by atomic mass is 35.5. The van der Waals surface area contributed by atoms with Crippen LogP contribution >= 0.6 is 22.9 Å². The lowest BCUT2D eigenvalue weighted by atomic mass is 10.1. The van der Waals surface area contributed by atoms with Crippen LogP contribution in [0.1, 0.15) is 30.8 Å². The summed E-state index contributed by atoms with van der Waals surface area (Å²) in [5.74, 6) is 1.38. The van der Waals surface area contributed by atoms with Gasteiger partial charge in [-0.3, -0.25) is 0 Å². The van der Waals surface area contributed by atoms with Crippen LogP contribution in [-0.4, -0.2) is 54.7 Å². The van der Waals surface area contributed by atoms with Crippen LogP contribution in [0.25, 0.3) is 22.2 Å². The SMILES string of the molecule is COc1cc2ncnc(Nc3ccc(OCc4cccc(F)c4)c(Cl)c3)c2cc1-c1csc(CCCOCCS(=O)(=O)C(C)C)n1. The van der Waals surface area contributed by atoms with Gasteiger partial charge in [0.15, 0.2) is 9.84 Å². The van der Waals surface area contributed by atoms with Gasteiger partial charge in [-0.25, -0.2) is 27.8 Å². The van der Waals surface area contributed by atoms with Gasteiger partial charge in [-0.2, -0.15) is 0 Å². The maximum absolute atomic E-state index is 13.5. The smallest absolute Gasteiger partial charge is 0.154 e. The lowest BCUT2D eigenvalue weighted by Gasteiger charge is -2.13. The zero-order valence-electron chi connectivity index (χ0n) is 25.6. The van der Waals surface area contributed by atoms with E-state index in [0.717, 1.165) is 28.1 Å². The summed E-state index contributed by atoms with van der Waals surface area (Å²) in [6, 6.07) is 15.3. The molecule has 46 heavy (non-hydrogen) atoms. The summed E-state index contributed by atoms with van der Waals surface area (Å²) < 4.78 is 54.4. The molecule has 0 unspecified atom stereocenters. The molecule has 0 fully saturated rings. The van der Waals surface area contributed by atoms with Crippen LogP contribution in [0.5, 0.6) is 11.5 Å². The molecule has 0 radical (unpaired) electrons. The molecule has 0 aliphatic carbocycles. The van der Waals surface area contributed by atoms with Gasteiger partial charge in [0.2, 0.25) is 0 Å². The lowest BCUT2D eigenvalue weighted by molar-refractivity contribution is 0.146. The zero-order valence-corrected chi connectivity index (χ0v) is 28.0. The third-order valence-electron chi connectivity index (χ3n) is 7.17. The fourth-order valence-corrected chi connectivity index (χ4v) is 6.46. The van der Waals surface area contributed by atoms with E-state index in [1.807, 2.05) is 23.6 Å². The number of benzene rings is 3. The summed E-state index contributed by atoms with van der Waals surface area (Å²) in [5, 5.41) is 7.00. The zero-order chi connectivity index (χ0) is 32.7. The molecular formula is C33H34ClFN4O5S2. The molecule has 0 aliphatic heterocycles. The molecule has 0 saturated carbocycles. The maximum atomic E-state index is 13.5. The Hall–Kier alpha value is -3.84. The minimum atomic E-state index is -3.11. The summed E-state index contributed by atoms with van der Waals surface area (Å²) in [7, 11) is -1.50. The highest BCUT2D eigenvalue weighted by molar-refractivity contribution is 7.92. The van der Waals surface area contributed by atoms with Crippen LogP contribution in [0.15, 0.2) is 66.3 Å². The van der Waals surface area contributed by atoms with E-state index in [2.05, 4.69) is 15.3 Å². The van der Waals surface area contributed by atoms with Crippen molar-refractivity contribution in [3.63, 3.8) is 0 Å². The van der Waals surface area contributed by atoms with Crippen molar-refractivity contribution in [3.05, 3.63) is 87.7 Å². The first-order valence-corrected chi connectivity index (χ1v) is 17.6. The van der Waals surface area contributed by atoms with Gasteiger partial charge in [0.1, 0.15) is 36.1 Å². The van der Waals surface area contributed by atoms with E-state index >= 15 is 0 Å². The average Bonchev–Trinajstić information content (AvgIpc) is 3.50. The number of nitrogens with one attached hydrogen (secondary N) is 1. The predicted octanol–water partition coefficient (Wildman–Crippen LogP) is 7.65. The summed E-state index contributed by atoms with van der Waals surface area (Å²) in [4.78, 5) is 13.7. The molecular weight excluding hydrogens is 651 g/mol. The first kappa shape index (κ1) is 33.5. The van der Waals surface area contributed by atoms with Gasteiger partial charge >= 0.3 is 0 Å². The van der Waals surface area contributed by atoms with E-state index in [1.165, 1.54) is 18.5 Å². The van der Waals surface area contributed by atoms with E-state index < -0.39 is 15.1 Å². The second kappa shape index (κ2) is 15.2. The first-order valence-electron chi connectivity index (χ1n) is 14.6. The highest BCUT2D eigenvalue weighted by Crippen LogP contribution is 2.37. The van der Waals surface area contributed by atoms with Crippen molar-refractivity contribution < 1.29 is 27.0 Å². The number of hydrogen-bond acceptors (Lipinski definition) is 10. The van der Waals surface area contributed by atoms with E-state index in [4.69, 9.17) is 30.8 Å². The Morgan fingerprint density at radius 3 is 2.65 bits per heavy atom. The second-order valence-electron chi connectivity index (χ2n) is 10.7. The second-order valence-corrected chi connectivity index (χ2v) is 14.8.